The molecule has 1 aliphatic rings. The van der Waals surface area contributed by atoms with E-state index >= 15 is 0 Å². The van der Waals surface area contributed by atoms with Crippen LogP contribution in [-0.2, 0) is 11.2 Å². The van der Waals surface area contributed by atoms with Gasteiger partial charge in [0.25, 0.3) is 0 Å². The molecule has 0 saturated carbocycles. The molecule has 0 bridgehead atoms. The molecule has 0 aromatic heterocycles. The van der Waals surface area contributed by atoms with E-state index in [4.69, 9.17) is 0 Å². The van der Waals surface area contributed by atoms with Gasteiger partial charge in [0, 0.05) is 5.57 Å². The molecular formula is C15H18O2. The highest BCUT2D eigenvalue weighted by Crippen LogP contribution is 2.32. The quantitative estimate of drug-likeness (QED) is 0.860. The molecular weight excluding hydrogens is 212 g/mol. The van der Waals surface area contributed by atoms with Crippen LogP contribution in [-0.4, -0.2) is 11.1 Å². The second kappa shape index (κ2) is 5.17. The van der Waals surface area contributed by atoms with E-state index in [1.54, 1.807) is 0 Å². The standard InChI is InChI=1S/C15H18O2/c1-2-11-7-9-12(10-8-11)13-5-3-4-6-14(13)15(16)17/h7-10H,2-6H2,1H3,(H,16,17). The molecule has 0 atom stereocenters. The minimum Gasteiger partial charge on any atom is -0.478 e. The summed E-state index contributed by atoms with van der Waals surface area (Å²) in [4.78, 5) is 11.2. The van der Waals surface area contributed by atoms with Gasteiger partial charge >= 0.3 is 5.97 Å². The summed E-state index contributed by atoms with van der Waals surface area (Å²) in [6.45, 7) is 2.12. The molecule has 2 rings (SSSR count). The van der Waals surface area contributed by atoms with Crippen molar-refractivity contribution in [1.29, 1.82) is 0 Å². The van der Waals surface area contributed by atoms with E-state index in [1.165, 1.54) is 5.56 Å². The van der Waals surface area contributed by atoms with Gasteiger partial charge in [0.1, 0.15) is 0 Å². The first kappa shape index (κ1) is 11.9. The van der Waals surface area contributed by atoms with Gasteiger partial charge in [-0.1, -0.05) is 31.2 Å². The lowest BCUT2D eigenvalue weighted by Gasteiger charge is -2.18. The predicted molar refractivity (Wildman–Crippen MR) is 68.8 cm³/mol. The summed E-state index contributed by atoms with van der Waals surface area (Å²) in [6.07, 6.45) is 4.72. The number of carbonyl (C=O) groups is 1. The Hall–Kier alpha value is -1.57. The molecule has 0 radical (unpaired) electrons. The van der Waals surface area contributed by atoms with E-state index in [2.05, 4.69) is 31.2 Å². The van der Waals surface area contributed by atoms with Crippen molar-refractivity contribution in [3.63, 3.8) is 0 Å². The van der Waals surface area contributed by atoms with E-state index in [0.29, 0.717) is 12.0 Å². The Morgan fingerprint density at radius 2 is 1.82 bits per heavy atom. The van der Waals surface area contributed by atoms with Gasteiger partial charge in [0.15, 0.2) is 0 Å². The van der Waals surface area contributed by atoms with E-state index in [1.807, 2.05) is 0 Å². The van der Waals surface area contributed by atoms with E-state index in [-0.39, 0.29) is 0 Å². The van der Waals surface area contributed by atoms with Gasteiger partial charge in [-0.15, -0.1) is 0 Å². The monoisotopic (exact) mass is 230 g/mol. The summed E-state index contributed by atoms with van der Waals surface area (Å²) in [6, 6.07) is 8.30. The highest BCUT2D eigenvalue weighted by atomic mass is 16.4. The molecule has 0 aliphatic heterocycles. The molecule has 2 nitrogen and oxygen atoms in total. The molecule has 0 saturated heterocycles. The van der Waals surface area contributed by atoms with Gasteiger partial charge in [0.05, 0.1) is 0 Å². The average molecular weight is 230 g/mol. The summed E-state index contributed by atoms with van der Waals surface area (Å²) < 4.78 is 0. The SMILES string of the molecule is CCc1ccc(C2=C(C(=O)O)CCCC2)cc1. The zero-order valence-corrected chi connectivity index (χ0v) is 10.2. The highest BCUT2D eigenvalue weighted by molar-refractivity contribution is 5.96. The maximum Gasteiger partial charge on any atom is 0.331 e. The molecule has 1 N–H and O–H groups in total. The number of hydrogen-bond acceptors (Lipinski definition) is 1. The molecule has 0 amide bonds. The van der Waals surface area contributed by atoms with E-state index in [9.17, 15) is 9.90 Å². The Morgan fingerprint density at radius 1 is 1.18 bits per heavy atom. The second-order valence-electron chi connectivity index (χ2n) is 4.52. The van der Waals surface area contributed by atoms with Crippen LogP contribution in [0.3, 0.4) is 0 Å². The normalized spacial score (nSPS) is 16.1. The Labute approximate surface area is 102 Å². The number of carboxylic acid groups (broad SMARTS) is 1. The first-order valence-corrected chi connectivity index (χ1v) is 6.27. The first-order valence-electron chi connectivity index (χ1n) is 6.27. The molecule has 90 valence electrons. The topological polar surface area (TPSA) is 37.3 Å². The summed E-state index contributed by atoms with van der Waals surface area (Å²) in [5.74, 6) is -0.751. The zero-order valence-electron chi connectivity index (χ0n) is 10.2. The van der Waals surface area contributed by atoms with Crippen molar-refractivity contribution in [2.75, 3.05) is 0 Å². The van der Waals surface area contributed by atoms with Crippen molar-refractivity contribution in [2.24, 2.45) is 0 Å². The van der Waals surface area contributed by atoms with Crippen molar-refractivity contribution in [2.45, 2.75) is 39.0 Å². The third kappa shape index (κ3) is 2.57. The first-order chi connectivity index (χ1) is 8.22. The molecule has 2 heteroatoms. The van der Waals surface area contributed by atoms with Crippen molar-refractivity contribution >= 4 is 11.5 Å². The van der Waals surface area contributed by atoms with Crippen LogP contribution in [0.5, 0.6) is 0 Å². The molecule has 1 aromatic rings. The molecule has 17 heavy (non-hydrogen) atoms. The summed E-state index contributed by atoms with van der Waals surface area (Å²) in [7, 11) is 0. The van der Waals surface area contributed by atoms with Crippen molar-refractivity contribution in [3.05, 3.63) is 41.0 Å². The summed E-state index contributed by atoms with van der Waals surface area (Å²) in [5.41, 5.74) is 4.02. The fraction of sp³-hybridized carbons (Fsp3) is 0.400. The van der Waals surface area contributed by atoms with E-state index < -0.39 is 5.97 Å². The maximum absolute atomic E-state index is 11.2. The summed E-state index contributed by atoms with van der Waals surface area (Å²) >= 11 is 0. The number of carboxylic acids is 1. The van der Waals surface area contributed by atoms with Gasteiger partial charge in [-0.3, -0.25) is 0 Å². The molecule has 0 heterocycles. The number of hydrogen-bond donors (Lipinski definition) is 1. The summed E-state index contributed by atoms with van der Waals surface area (Å²) in [5, 5.41) is 9.21. The second-order valence-corrected chi connectivity index (χ2v) is 4.52. The fourth-order valence-electron chi connectivity index (χ4n) is 2.40. The van der Waals surface area contributed by atoms with Crippen LogP contribution in [0, 0.1) is 0 Å². The largest absolute Gasteiger partial charge is 0.478 e. The highest BCUT2D eigenvalue weighted by Gasteiger charge is 2.19. The minimum atomic E-state index is -0.751. The van der Waals surface area contributed by atoms with Gasteiger partial charge in [0.2, 0.25) is 0 Å². The number of benzene rings is 1. The van der Waals surface area contributed by atoms with Gasteiger partial charge in [-0.25, -0.2) is 4.79 Å². The lowest BCUT2D eigenvalue weighted by Crippen LogP contribution is -2.08. The minimum absolute atomic E-state index is 0.612. The zero-order chi connectivity index (χ0) is 12.3. The van der Waals surface area contributed by atoms with Crippen LogP contribution in [0.4, 0.5) is 0 Å². The van der Waals surface area contributed by atoms with Gasteiger partial charge in [-0.2, -0.15) is 0 Å². The Kier molecular flexibility index (Phi) is 3.62. The third-order valence-corrected chi connectivity index (χ3v) is 3.44. The van der Waals surface area contributed by atoms with Crippen LogP contribution in [0.2, 0.25) is 0 Å². The van der Waals surface area contributed by atoms with Crippen LogP contribution in [0.15, 0.2) is 29.8 Å². The average Bonchev–Trinajstić information content (AvgIpc) is 2.39. The van der Waals surface area contributed by atoms with Crippen molar-refractivity contribution < 1.29 is 9.90 Å². The number of rotatable bonds is 3. The van der Waals surface area contributed by atoms with Crippen LogP contribution in [0.1, 0.15) is 43.7 Å². The molecule has 0 fully saturated rings. The van der Waals surface area contributed by atoms with E-state index in [0.717, 1.165) is 36.8 Å². The smallest absolute Gasteiger partial charge is 0.331 e. The molecule has 1 aromatic carbocycles. The number of aliphatic carboxylic acids is 1. The molecule has 1 aliphatic carbocycles. The predicted octanol–water partition coefficient (Wildman–Crippen LogP) is 3.66. The van der Waals surface area contributed by atoms with Crippen LogP contribution >= 0.6 is 0 Å². The fourth-order valence-corrected chi connectivity index (χ4v) is 2.40. The Balaban J connectivity index is 2.38. The Bertz CT molecular complexity index is 440. The van der Waals surface area contributed by atoms with Crippen molar-refractivity contribution in [3.8, 4) is 0 Å². The molecule has 0 unspecified atom stereocenters. The number of allylic oxidation sites excluding steroid dienone is 1. The Morgan fingerprint density at radius 3 is 2.41 bits per heavy atom. The maximum atomic E-state index is 11.2. The van der Waals surface area contributed by atoms with Crippen LogP contribution in [0.25, 0.3) is 5.57 Å². The van der Waals surface area contributed by atoms with Crippen LogP contribution < -0.4 is 0 Å². The lowest BCUT2D eigenvalue weighted by atomic mass is 9.87. The van der Waals surface area contributed by atoms with Crippen molar-refractivity contribution in [1.82, 2.24) is 0 Å². The number of aryl methyl sites for hydroxylation is 1. The molecule has 0 spiro atoms. The third-order valence-electron chi connectivity index (χ3n) is 3.44. The van der Waals surface area contributed by atoms with Gasteiger partial charge in [-0.05, 0) is 48.8 Å². The van der Waals surface area contributed by atoms with Gasteiger partial charge < -0.3 is 5.11 Å². The lowest BCUT2D eigenvalue weighted by molar-refractivity contribution is -0.132.